The molecule has 0 atom stereocenters. The number of rotatable bonds is 4. The third-order valence-electron chi connectivity index (χ3n) is 3.86. The molecule has 0 saturated carbocycles. The van der Waals surface area contributed by atoms with Gasteiger partial charge in [-0.15, -0.1) is 0 Å². The summed E-state index contributed by atoms with van der Waals surface area (Å²) in [6, 6.07) is 3.70. The summed E-state index contributed by atoms with van der Waals surface area (Å²) in [7, 11) is 0. The van der Waals surface area contributed by atoms with Crippen LogP contribution in [0.25, 0.3) is 0 Å². The second-order valence-electron chi connectivity index (χ2n) is 5.47. The highest BCUT2D eigenvalue weighted by Gasteiger charge is 2.16. The SMILES string of the molecule is Cc1ccncc1NC(=O)COc1ccnc2c1CCCC2. The van der Waals surface area contributed by atoms with Crippen molar-refractivity contribution in [1.82, 2.24) is 9.97 Å². The van der Waals surface area contributed by atoms with Crippen LogP contribution < -0.4 is 10.1 Å². The Bertz CT molecular complexity index is 685. The Labute approximate surface area is 129 Å². The van der Waals surface area contributed by atoms with Crippen LogP contribution in [0, 0.1) is 6.92 Å². The average Bonchev–Trinajstić information content (AvgIpc) is 2.55. The number of pyridine rings is 2. The van der Waals surface area contributed by atoms with Gasteiger partial charge in [0.1, 0.15) is 5.75 Å². The quantitative estimate of drug-likeness (QED) is 0.942. The van der Waals surface area contributed by atoms with Crippen LogP contribution >= 0.6 is 0 Å². The summed E-state index contributed by atoms with van der Waals surface area (Å²) < 4.78 is 5.71. The third-order valence-corrected chi connectivity index (χ3v) is 3.86. The number of nitrogens with one attached hydrogen (secondary N) is 1. The highest BCUT2D eigenvalue weighted by atomic mass is 16.5. The largest absolute Gasteiger partial charge is 0.483 e. The zero-order chi connectivity index (χ0) is 15.4. The molecular formula is C17H19N3O2. The molecule has 22 heavy (non-hydrogen) atoms. The molecule has 0 radical (unpaired) electrons. The molecule has 1 amide bonds. The first-order valence-electron chi connectivity index (χ1n) is 7.54. The number of fused-ring (bicyclic) bond motifs is 1. The van der Waals surface area contributed by atoms with E-state index in [4.69, 9.17) is 4.74 Å². The fraction of sp³-hybridized carbons (Fsp3) is 0.353. The van der Waals surface area contributed by atoms with Crippen molar-refractivity contribution in [3.63, 3.8) is 0 Å². The summed E-state index contributed by atoms with van der Waals surface area (Å²) in [5.41, 5.74) is 3.95. The Kier molecular flexibility index (Phi) is 4.32. The number of hydrogen-bond acceptors (Lipinski definition) is 4. The van der Waals surface area contributed by atoms with Gasteiger partial charge < -0.3 is 10.1 Å². The van der Waals surface area contributed by atoms with Crippen molar-refractivity contribution in [3.05, 3.63) is 47.5 Å². The molecule has 5 heteroatoms. The van der Waals surface area contributed by atoms with Gasteiger partial charge >= 0.3 is 0 Å². The number of carbonyl (C=O) groups excluding carboxylic acids is 1. The maximum absolute atomic E-state index is 12.0. The van der Waals surface area contributed by atoms with Crippen LogP contribution in [0.3, 0.4) is 0 Å². The number of hydrogen-bond donors (Lipinski definition) is 1. The number of aryl methyl sites for hydroxylation is 2. The first-order chi connectivity index (χ1) is 10.7. The number of amides is 1. The van der Waals surface area contributed by atoms with Crippen LogP contribution in [0.5, 0.6) is 5.75 Å². The van der Waals surface area contributed by atoms with Gasteiger partial charge in [0.25, 0.3) is 5.91 Å². The second kappa shape index (κ2) is 6.56. The summed E-state index contributed by atoms with van der Waals surface area (Å²) in [4.78, 5) is 20.4. The van der Waals surface area contributed by atoms with Gasteiger partial charge in [0.05, 0.1) is 11.9 Å². The zero-order valence-corrected chi connectivity index (χ0v) is 12.6. The Balaban J connectivity index is 1.63. The summed E-state index contributed by atoms with van der Waals surface area (Å²) in [5, 5.41) is 2.82. The van der Waals surface area contributed by atoms with E-state index >= 15 is 0 Å². The molecule has 1 aliphatic carbocycles. The van der Waals surface area contributed by atoms with Gasteiger partial charge in [-0.1, -0.05) is 0 Å². The molecule has 1 N–H and O–H groups in total. The molecule has 0 spiro atoms. The van der Waals surface area contributed by atoms with Crippen LogP contribution in [0.2, 0.25) is 0 Å². The van der Waals surface area contributed by atoms with Crippen molar-refractivity contribution in [2.45, 2.75) is 32.6 Å². The molecule has 2 heterocycles. The molecule has 1 aliphatic rings. The maximum atomic E-state index is 12.0. The van der Waals surface area contributed by atoms with Crippen molar-refractivity contribution in [2.75, 3.05) is 11.9 Å². The average molecular weight is 297 g/mol. The standard InChI is InChI=1S/C17H19N3O2/c1-12-6-8-18-10-15(12)20-17(21)11-22-16-7-9-19-14-5-3-2-4-13(14)16/h6-10H,2-5,11H2,1H3,(H,20,21). The van der Waals surface area contributed by atoms with Crippen LogP contribution in [0.15, 0.2) is 30.7 Å². The van der Waals surface area contributed by atoms with Crippen molar-refractivity contribution >= 4 is 11.6 Å². The van der Waals surface area contributed by atoms with Crippen molar-refractivity contribution in [3.8, 4) is 5.75 Å². The highest BCUT2D eigenvalue weighted by molar-refractivity contribution is 5.92. The van der Waals surface area contributed by atoms with E-state index in [9.17, 15) is 4.79 Å². The van der Waals surface area contributed by atoms with E-state index in [1.165, 1.54) is 6.42 Å². The number of nitrogens with zero attached hydrogens (tertiary/aromatic N) is 2. The summed E-state index contributed by atoms with van der Waals surface area (Å²) in [6.07, 6.45) is 9.38. The van der Waals surface area contributed by atoms with Gasteiger partial charge in [0.15, 0.2) is 6.61 Å². The van der Waals surface area contributed by atoms with Gasteiger partial charge in [-0.05, 0) is 50.3 Å². The highest BCUT2D eigenvalue weighted by Crippen LogP contribution is 2.27. The molecule has 5 nitrogen and oxygen atoms in total. The Hall–Kier alpha value is -2.43. The summed E-state index contributed by atoms with van der Waals surface area (Å²) in [5.74, 6) is 0.597. The predicted molar refractivity (Wildman–Crippen MR) is 84.0 cm³/mol. The van der Waals surface area contributed by atoms with E-state index in [2.05, 4.69) is 15.3 Å². The lowest BCUT2D eigenvalue weighted by molar-refractivity contribution is -0.118. The maximum Gasteiger partial charge on any atom is 0.262 e. The fourth-order valence-corrected chi connectivity index (χ4v) is 2.65. The fourth-order valence-electron chi connectivity index (χ4n) is 2.65. The summed E-state index contributed by atoms with van der Waals surface area (Å²) >= 11 is 0. The second-order valence-corrected chi connectivity index (χ2v) is 5.47. The number of ether oxygens (including phenoxy) is 1. The predicted octanol–water partition coefficient (Wildman–Crippen LogP) is 2.68. The molecule has 2 aromatic heterocycles. The normalized spacial score (nSPS) is 13.3. The lowest BCUT2D eigenvalue weighted by atomic mass is 9.95. The van der Waals surface area contributed by atoms with Crippen molar-refractivity contribution < 1.29 is 9.53 Å². The van der Waals surface area contributed by atoms with Gasteiger partial charge in [-0.3, -0.25) is 14.8 Å². The first kappa shape index (κ1) is 14.5. The molecule has 0 saturated heterocycles. The molecule has 0 fully saturated rings. The van der Waals surface area contributed by atoms with Crippen molar-refractivity contribution in [1.29, 1.82) is 0 Å². The van der Waals surface area contributed by atoms with Gasteiger partial charge in [0.2, 0.25) is 0 Å². The van der Waals surface area contributed by atoms with Gasteiger partial charge in [0, 0.05) is 23.7 Å². The Morgan fingerprint density at radius 2 is 2.14 bits per heavy atom. The monoisotopic (exact) mass is 297 g/mol. The van der Waals surface area contributed by atoms with Gasteiger partial charge in [-0.25, -0.2) is 0 Å². The van der Waals surface area contributed by atoms with Crippen LogP contribution in [0.1, 0.15) is 29.7 Å². The zero-order valence-electron chi connectivity index (χ0n) is 12.6. The van der Waals surface area contributed by atoms with E-state index in [0.717, 1.165) is 41.8 Å². The van der Waals surface area contributed by atoms with Crippen molar-refractivity contribution in [2.24, 2.45) is 0 Å². The van der Waals surface area contributed by atoms with E-state index in [1.54, 1.807) is 18.6 Å². The molecule has 2 aromatic rings. The molecule has 0 bridgehead atoms. The third kappa shape index (κ3) is 3.24. The van der Waals surface area contributed by atoms with Gasteiger partial charge in [-0.2, -0.15) is 0 Å². The lowest BCUT2D eigenvalue weighted by Crippen LogP contribution is -2.21. The van der Waals surface area contributed by atoms with E-state index < -0.39 is 0 Å². The Morgan fingerprint density at radius 3 is 3.00 bits per heavy atom. The van der Waals surface area contributed by atoms with Crippen LogP contribution in [0.4, 0.5) is 5.69 Å². The van der Waals surface area contributed by atoms with Crippen LogP contribution in [-0.2, 0) is 17.6 Å². The first-order valence-corrected chi connectivity index (χ1v) is 7.54. The molecular weight excluding hydrogens is 278 g/mol. The number of carbonyl (C=O) groups is 1. The number of aromatic nitrogens is 2. The van der Waals surface area contributed by atoms with E-state index in [0.29, 0.717) is 5.69 Å². The minimum absolute atomic E-state index is 0.00914. The van der Waals surface area contributed by atoms with Crippen LogP contribution in [-0.4, -0.2) is 22.5 Å². The molecule has 3 rings (SSSR count). The Morgan fingerprint density at radius 1 is 1.27 bits per heavy atom. The smallest absolute Gasteiger partial charge is 0.262 e. The molecule has 0 aliphatic heterocycles. The van der Waals surface area contributed by atoms with E-state index in [1.807, 2.05) is 19.1 Å². The molecule has 0 unspecified atom stereocenters. The lowest BCUT2D eigenvalue weighted by Gasteiger charge is -2.18. The topological polar surface area (TPSA) is 64.1 Å². The minimum Gasteiger partial charge on any atom is -0.483 e. The summed E-state index contributed by atoms with van der Waals surface area (Å²) in [6.45, 7) is 1.92. The minimum atomic E-state index is -0.183. The number of anilines is 1. The molecule has 114 valence electrons. The molecule has 0 aromatic carbocycles. The van der Waals surface area contributed by atoms with E-state index in [-0.39, 0.29) is 12.5 Å².